The Bertz CT molecular complexity index is 447. The molecule has 1 rings (SSSR count). The normalized spacial score (nSPS) is 13.8. The van der Waals surface area contributed by atoms with E-state index in [1.54, 1.807) is 27.1 Å². The van der Waals surface area contributed by atoms with Crippen molar-refractivity contribution in [2.45, 2.75) is 32.4 Å². The van der Waals surface area contributed by atoms with Crippen molar-refractivity contribution in [1.29, 1.82) is 0 Å². The molecule has 1 aromatic rings. The number of nitrogens with zero attached hydrogens (tertiary/aromatic N) is 1. The maximum Gasteiger partial charge on any atom is 0.262 e. The van der Waals surface area contributed by atoms with Gasteiger partial charge >= 0.3 is 0 Å². The second kappa shape index (κ2) is 6.78. The fourth-order valence-electron chi connectivity index (χ4n) is 1.74. The van der Waals surface area contributed by atoms with E-state index in [1.807, 2.05) is 19.1 Å². The number of hydrogen-bond donors (Lipinski definition) is 1. The third-order valence-corrected chi connectivity index (χ3v) is 2.94. The molecule has 106 valence electrons. The Morgan fingerprint density at radius 2 is 2.05 bits per heavy atom. The zero-order valence-electron chi connectivity index (χ0n) is 11.8. The van der Waals surface area contributed by atoms with Gasteiger partial charge in [0, 0.05) is 20.1 Å². The number of rotatable bonds is 5. The van der Waals surface area contributed by atoms with Crippen molar-refractivity contribution in [3.8, 4) is 5.75 Å². The standard InChI is InChI=1S/C14H21ClN2O2/c1-9(16)7-11-5-6-13(12(15)8-11)19-10(2)14(18)17(3)4/h5-6,8-10H,7,16H2,1-4H3. The molecule has 0 saturated carbocycles. The van der Waals surface area contributed by atoms with E-state index in [0.717, 1.165) is 12.0 Å². The van der Waals surface area contributed by atoms with Gasteiger partial charge in [0.25, 0.3) is 5.91 Å². The molecule has 0 aliphatic heterocycles. The Labute approximate surface area is 119 Å². The molecular formula is C14H21ClN2O2. The van der Waals surface area contributed by atoms with Gasteiger partial charge in [-0.1, -0.05) is 17.7 Å². The van der Waals surface area contributed by atoms with E-state index in [9.17, 15) is 4.79 Å². The first-order valence-electron chi connectivity index (χ1n) is 6.23. The number of amides is 1. The van der Waals surface area contributed by atoms with Crippen LogP contribution < -0.4 is 10.5 Å². The molecular weight excluding hydrogens is 264 g/mol. The number of nitrogens with two attached hydrogens (primary N) is 1. The molecule has 2 unspecified atom stereocenters. The minimum absolute atomic E-state index is 0.0806. The van der Waals surface area contributed by atoms with Gasteiger partial charge in [-0.15, -0.1) is 0 Å². The molecule has 0 bridgehead atoms. The van der Waals surface area contributed by atoms with Gasteiger partial charge in [0.2, 0.25) is 0 Å². The second-order valence-corrected chi connectivity index (χ2v) is 5.35. The molecule has 0 saturated heterocycles. The van der Waals surface area contributed by atoms with Crippen LogP contribution in [0.2, 0.25) is 5.02 Å². The summed E-state index contributed by atoms with van der Waals surface area (Å²) in [4.78, 5) is 13.2. The lowest BCUT2D eigenvalue weighted by molar-refractivity contribution is -0.135. The summed E-state index contributed by atoms with van der Waals surface area (Å²) in [7, 11) is 3.38. The van der Waals surface area contributed by atoms with E-state index >= 15 is 0 Å². The summed E-state index contributed by atoms with van der Waals surface area (Å²) in [6.07, 6.45) is 0.193. The van der Waals surface area contributed by atoms with E-state index in [-0.39, 0.29) is 11.9 Å². The van der Waals surface area contributed by atoms with Gasteiger partial charge in [0.05, 0.1) is 5.02 Å². The van der Waals surface area contributed by atoms with Crippen LogP contribution in [0.25, 0.3) is 0 Å². The summed E-state index contributed by atoms with van der Waals surface area (Å²) in [5, 5.41) is 0.497. The van der Waals surface area contributed by atoms with Crippen molar-refractivity contribution in [1.82, 2.24) is 4.90 Å². The highest BCUT2D eigenvalue weighted by molar-refractivity contribution is 6.32. The smallest absolute Gasteiger partial charge is 0.262 e. The van der Waals surface area contributed by atoms with E-state index in [0.29, 0.717) is 10.8 Å². The Kier molecular flexibility index (Phi) is 5.63. The van der Waals surface area contributed by atoms with E-state index in [4.69, 9.17) is 22.1 Å². The van der Waals surface area contributed by atoms with Gasteiger partial charge in [-0.25, -0.2) is 0 Å². The van der Waals surface area contributed by atoms with Crippen LogP contribution in [0.4, 0.5) is 0 Å². The molecule has 0 heterocycles. The van der Waals surface area contributed by atoms with Crippen molar-refractivity contribution in [3.05, 3.63) is 28.8 Å². The molecule has 5 heteroatoms. The first-order valence-corrected chi connectivity index (χ1v) is 6.61. The van der Waals surface area contributed by atoms with Crippen LogP contribution in [0.1, 0.15) is 19.4 Å². The molecule has 4 nitrogen and oxygen atoms in total. The summed E-state index contributed by atoms with van der Waals surface area (Å²) in [5.41, 5.74) is 6.80. The Morgan fingerprint density at radius 1 is 1.42 bits per heavy atom. The van der Waals surface area contributed by atoms with Crippen LogP contribution in [0.3, 0.4) is 0 Å². The van der Waals surface area contributed by atoms with E-state index in [1.165, 1.54) is 4.90 Å². The number of carbonyl (C=O) groups is 1. The van der Waals surface area contributed by atoms with Crippen LogP contribution in [-0.4, -0.2) is 37.0 Å². The number of ether oxygens (including phenoxy) is 1. The maximum absolute atomic E-state index is 11.7. The largest absolute Gasteiger partial charge is 0.479 e. The van der Waals surface area contributed by atoms with Crippen molar-refractivity contribution in [3.63, 3.8) is 0 Å². The molecule has 0 fully saturated rings. The van der Waals surface area contributed by atoms with Crippen LogP contribution in [0, 0.1) is 0 Å². The number of hydrogen-bond acceptors (Lipinski definition) is 3. The van der Waals surface area contributed by atoms with Gasteiger partial charge < -0.3 is 15.4 Å². The topological polar surface area (TPSA) is 55.6 Å². The van der Waals surface area contributed by atoms with Crippen molar-refractivity contribution in [2.24, 2.45) is 5.73 Å². The Morgan fingerprint density at radius 3 is 2.53 bits per heavy atom. The van der Waals surface area contributed by atoms with Gasteiger partial charge in [-0.2, -0.15) is 0 Å². The Balaban J connectivity index is 2.77. The lowest BCUT2D eigenvalue weighted by atomic mass is 10.1. The number of halogens is 1. The molecule has 0 radical (unpaired) electrons. The highest BCUT2D eigenvalue weighted by atomic mass is 35.5. The molecule has 1 aromatic carbocycles. The first-order chi connectivity index (χ1) is 8.81. The van der Waals surface area contributed by atoms with Crippen LogP contribution >= 0.6 is 11.6 Å². The van der Waals surface area contributed by atoms with E-state index in [2.05, 4.69) is 0 Å². The van der Waals surface area contributed by atoms with Crippen LogP contribution in [0.5, 0.6) is 5.75 Å². The first kappa shape index (κ1) is 15.8. The zero-order valence-corrected chi connectivity index (χ0v) is 12.6. The second-order valence-electron chi connectivity index (χ2n) is 4.94. The zero-order chi connectivity index (χ0) is 14.6. The van der Waals surface area contributed by atoms with E-state index < -0.39 is 6.10 Å². The fourth-order valence-corrected chi connectivity index (χ4v) is 1.99. The summed E-state index contributed by atoms with van der Waals surface area (Å²) in [5.74, 6) is 0.411. The fraction of sp³-hybridized carbons (Fsp3) is 0.500. The highest BCUT2D eigenvalue weighted by Crippen LogP contribution is 2.27. The lowest BCUT2D eigenvalue weighted by Gasteiger charge is -2.19. The van der Waals surface area contributed by atoms with Gasteiger partial charge in [0.1, 0.15) is 5.75 Å². The number of likely N-dealkylation sites (N-methyl/N-ethyl adjacent to an activating group) is 1. The lowest BCUT2D eigenvalue weighted by Crippen LogP contribution is -2.35. The predicted molar refractivity (Wildman–Crippen MR) is 77.6 cm³/mol. The molecule has 19 heavy (non-hydrogen) atoms. The predicted octanol–water partition coefficient (Wildman–Crippen LogP) is 2.09. The summed E-state index contributed by atoms with van der Waals surface area (Å²) in [6, 6.07) is 5.60. The van der Waals surface area contributed by atoms with Gasteiger partial charge in [0.15, 0.2) is 6.10 Å². The third kappa shape index (κ3) is 4.73. The van der Waals surface area contributed by atoms with Gasteiger partial charge in [-0.05, 0) is 38.0 Å². The number of benzene rings is 1. The minimum atomic E-state index is -0.563. The SMILES string of the molecule is CC(N)Cc1ccc(OC(C)C(=O)N(C)C)c(Cl)c1. The van der Waals surface area contributed by atoms with Crippen molar-refractivity contribution < 1.29 is 9.53 Å². The monoisotopic (exact) mass is 284 g/mol. The molecule has 0 aliphatic rings. The molecule has 2 N–H and O–H groups in total. The van der Waals surface area contributed by atoms with Crippen LogP contribution in [-0.2, 0) is 11.2 Å². The van der Waals surface area contributed by atoms with Gasteiger partial charge in [-0.3, -0.25) is 4.79 Å². The van der Waals surface area contributed by atoms with Crippen LogP contribution in [0.15, 0.2) is 18.2 Å². The average molecular weight is 285 g/mol. The maximum atomic E-state index is 11.7. The van der Waals surface area contributed by atoms with Crippen molar-refractivity contribution in [2.75, 3.05) is 14.1 Å². The molecule has 0 spiro atoms. The third-order valence-electron chi connectivity index (χ3n) is 2.65. The minimum Gasteiger partial charge on any atom is -0.479 e. The molecule has 1 amide bonds. The summed E-state index contributed by atoms with van der Waals surface area (Å²) in [6.45, 7) is 3.64. The quantitative estimate of drug-likeness (QED) is 0.901. The molecule has 0 aromatic heterocycles. The van der Waals surface area contributed by atoms with Crippen molar-refractivity contribution >= 4 is 17.5 Å². The number of carbonyl (C=O) groups excluding carboxylic acids is 1. The summed E-state index contributed by atoms with van der Waals surface area (Å²) < 4.78 is 5.57. The Hall–Kier alpha value is -1.26. The molecule has 0 aliphatic carbocycles. The summed E-state index contributed by atoms with van der Waals surface area (Å²) >= 11 is 6.15. The average Bonchev–Trinajstić information content (AvgIpc) is 2.30. The highest BCUT2D eigenvalue weighted by Gasteiger charge is 2.17. The molecule has 2 atom stereocenters.